The first-order valence-corrected chi connectivity index (χ1v) is 18.1. The van der Waals surface area contributed by atoms with Crippen LogP contribution < -0.4 is 5.32 Å². The highest BCUT2D eigenvalue weighted by molar-refractivity contribution is 5.90. The summed E-state index contributed by atoms with van der Waals surface area (Å²) in [6.45, 7) is 2.08. The van der Waals surface area contributed by atoms with Crippen molar-refractivity contribution in [1.29, 1.82) is 0 Å². The standard InChI is InChI=1S/C36H48N10O8/c47-28(23-44-15-12-26(21-32(49)50)13-16-45(24-33(51)52)18-20-46(19-17-44)25-34(53)54)7-3-1-2-4-9-31(48)39-27-10-11-30(38-22-27)36-42-40-35(41-43-36)29-8-5-6-14-37-29/h5-6,8,10-11,14,22,26H,1-4,7,9,12-13,15-21,23-25H2,(H,39,48)(H,49,50)(H,51,52)(H,53,54). The number of aliphatic carboxylic acids is 3. The number of amides is 1. The summed E-state index contributed by atoms with van der Waals surface area (Å²) in [5.74, 6) is -2.68. The maximum atomic E-state index is 13.0. The Bertz CT molecular complexity index is 1630. The lowest BCUT2D eigenvalue weighted by molar-refractivity contribution is -0.140. The van der Waals surface area contributed by atoms with Crippen molar-refractivity contribution in [1.82, 2.24) is 45.1 Å². The van der Waals surface area contributed by atoms with E-state index in [-0.39, 0.29) is 49.5 Å². The van der Waals surface area contributed by atoms with E-state index in [2.05, 4.69) is 35.7 Å². The molecule has 1 unspecified atom stereocenters. The highest BCUT2D eigenvalue weighted by Gasteiger charge is 2.22. The van der Waals surface area contributed by atoms with Crippen molar-refractivity contribution in [2.24, 2.45) is 5.92 Å². The summed E-state index contributed by atoms with van der Waals surface area (Å²) in [4.78, 5) is 73.9. The molecule has 3 aromatic rings. The fraction of sp³-hybridized carbons (Fsp3) is 0.528. The molecule has 4 heterocycles. The summed E-state index contributed by atoms with van der Waals surface area (Å²) in [6.07, 6.45) is 7.63. The number of Topliss-reactive ketones (excluding diaryl/α,β-unsaturated/α-hetero) is 1. The van der Waals surface area contributed by atoms with E-state index in [1.165, 1.54) is 6.20 Å². The molecule has 0 aliphatic carbocycles. The van der Waals surface area contributed by atoms with Gasteiger partial charge in [-0.25, -0.2) is 0 Å². The molecule has 54 heavy (non-hydrogen) atoms. The first-order valence-electron chi connectivity index (χ1n) is 18.1. The van der Waals surface area contributed by atoms with Crippen molar-refractivity contribution >= 4 is 35.3 Å². The lowest BCUT2D eigenvalue weighted by Crippen LogP contribution is -2.45. The SMILES string of the molecule is O=C(O)CC1CCN(CC(=O)O)CCN(CC(=O)O)CCN(CC(=O)CCCCCCC(=O)Nc2ccc(-c3nnc(-c4ccccn4)nn3)nc2)CC1. The maximum absolute atomic E-state index is 13.0. The number of carbonyl (C=O) groups is 5. The zero-order chi connectivity index (χ0) is 38.7. The van der Waals surface area contributed by atoms with Crippen LogP contribution in [0.3, 0.4) is 0 Å². The number of unbranched alkanes of at least 4 members (excludes halogenated alkanes) is 3. The van der Waals surface area contributed by atoms with E-state index in [4.69, 9.17) is 0 Å². The molecule has 18 nitrogen and oxygen atoms in total. The van der Waals surface area contributed by atoms with Gasteiger partial charge in [0.1, 0.15) is 17.2 Å². The summed E-state index contributed by atoms with van der Waals surface area (Å²) < 4.78 is 0. The average Bonchev–Trinajstić information content (AvgIpc) is 3.14. The van der Waals surface area contributed by atoms with E-state index in [0.717, 1.165) is 12.8 Å². The predicted molar refractivity (Wildman–Crippen MR) is 195 cm³/mol. The third kappa shape index (κ3) is 15.3. The number of aromatic nitrogens is 6. The Morgan fingerprint density at radius 3 is 1.70 bits per heavy atom. The van der Waals surface area contributed by atoms with Crippen molar-refractivity contribution < 1.29 is 39.3 Å². The summed E-state index contributed by atoms with van der Waals surface area (Å²) in [7, 11) is 0. The van der Waals surface area contributed by atoms with E-state index < -0.39 is 17.9 Å². The lowest BCUT2D eigenvalue weighted by atomic mass is 9.96. The van der Waals surface area contributed by atoms with Gasteiger partial charge in [-0.1, -0.05) is 18.9 Å². The van der Waals surface area contributed by atoms with Gasteiger partial charge in [-0.15, -0.1) is 20.4 Å². The highest BCUT2D eigenvalue weighted by atomic mass is 16.4. The van der Waals surface area contributed by atoms with Gasteiger partial charge in [0.05, 0.1) is 31.5 Å². The molecule has 1 fully saturated rings. The fourth-order valence-electron chi connectivity index (χ4n) is 6.13. The number of rotatable bonds is 18. The van der Waals surface area contributed by atoms with Gasteiger partial charge in [0.25, 0.3) is 0 Å². The Morgan fingerprint density at radius 1 is 0.630 bits per heavy atom. The molecule has 0 spiro atoms. The van der Waals surface area contributed by atoms with Gasteiger partial charge in [0.15, 0.2) is 0 Å². The summed E-state index contributed by atoms with van der Waals surface area (Å²) in [6, 6.07) is 8.73. The van der Waals surface area contributed by atoms with Crippen LogP contribution in [0.4, 0.5) is 5.69 Å². The summed E-state index contributed by atoms with van der Waals surface area (Å²) in [5.41, 5.74) is 1.54. The van der Waals surface area contributed by atoms with E-state index in [0.29, 0.717) is 101 Å². The van der Waals surface area contributed by atoms with Crippen LogP contribution in [0.15, 0.2) is 42.7 Å². The second-order valence-corrected chi connectivity index (χ2v) is 13.4. The molecule has 1 atom stereocenters. The minimum Gasteiger partial charge on any atom is -0.481 e. The smallest absolute Gasteiger partial charge is 0.317 e. The molecule has 4 N–H and O–H groups in total. The van der Waals surface area contributed by atoms with Gasteiger partial charge in [0, 0.05) is 51.6 Å². The number of carbonyl (C=O) groups excluding carboxylic acids is 2. The first-order chi connectivity index (χ1) is 26.0. The molecule has 0 saturated carbocycles. The van der Waals surface area contributed by atoms with Gasteiger partial charge in [0.2, 0.25) is 17.6 Å². The number of anilines is 1. The molecule has 1 saturated heterocycles. The van der Waals surface area contributed by atoms with Crippen LogP contribution in [0, 0.1) is 5.92 Å². The predicted octanol–water partition coefficient (Wildman–Crippen LogP) is 2.20. The number of nitrogens with one attached hydrogen (secondary N) is 1. The number of pyridine rings is 2. The normalized spacial score (nSPS) is 16.5. The Hall–Kier alpha value is -5.33. The van der Waals surface area contributed by atoms with E-state index in [1.807, 2.05) is 11.0 Å². The molecule has 1 aliphatic heterocycles. The van der Waals surface area contributed by atoms with E-state index in [9.17, 15) is 39.3 Å². The largest absolute Gasteiger partial charge is 0.481 e. The maximum Gasteiger partial charge on any atom is 0.317 e. The molecule has 0 bridgehead atoms. The molecular formula is C36H48N10O8. The number of carboxylic acid groups (broad SMARTS) is 3. The van der Waals surface area contributed by atoms with Gasteiger partial charge in [-0.2, -0.15) is 0 Å². The first kappa shape index (κ1) is 41.4. The third-order valence-electron chi connectivity index (χ3n) is 9.01. The number of nitrogens with zero attached hydrogens (tertiary/aromatic N) is 9. The third-order valence-corrected chi connectivity index (χ3v) is 9.01. The fourth-order valence-corrected chi connectivity index (χ4v) is 6.13. The van der Waals surface area contributed by atoms with Crippen molar-refractivity contribution in [3.8, 4) is 23.0 Å². The monoisotopic (exact) mass is 748 g/mol. The zero-order valence-corrected chi connectivity index (χ0v) is 30.3. The Morgan fingerprint density at radius 2 is 1.19 bits per heavy atom. The zero-order valence-electron chi connectivity index (χ0n) is 30.3. The van der Waals surface area contributed by atoms with Crippen LogP contribution >= 0.6 is 0 Å². The highest BCUT2D eigenvalue weighted by Crippen LogP contribution is 2.18. The Kier molecular flexibility index (Phi) is 16.9. The second-order valence-electron chi connectivity index (χ2n) is 13.4. The van der Waals surface area contributed by atoms with Crippen LogP contribution in [0.5, 0.6) is 0 Å². The minimum atomic E-state index is -0.999. The van der Waals surface area contributed by atoms with Gasteiger partial charge in [-0.3, -0.25) is 48.6 Å². The Labute approximate surface area is 313 Å². The van der Waals surface area contributed by atoms with Crippen LogP contribution in [-0.2, 0) is 24.0 Å². The summed E-state index contributed by atoms with van der Waals surface area (Å²) >= 11 is 0. The molecule has 4 rings (SSSR count). The van der Waals surface area contributed by atoms with Gasteiger partial charge < -0.3 is 20.6 Å². The second kappa shape index (κ2) is 22.0. The molecule has 1 amide bonds. The number of hydrogen-bond donors (Lipinski definition) is 4. The Balaban J connectivity index is 1.17. The summed E-state index contributed by atoms with van der Waals surface area (Å²) in [5, 5.41) is 47.3. The molecule has 3 aromatic heterocycles. The van der Waals surface area contributed by atoms with Gasteiger partial charge in [-0.05, 0) is 69.0 Å². The molecule has 1 aliphatic rings. The number of hydrogen-bond acceptors (Lipinski definition) is 14. The van der Waals surface area contributed by atoms with Crippen molar-refractivity contribution in [2.75, 3.05) is 64.2 Å². The molecular weight excluding hydrogens is 700 g/mol. The van der Waals surface area contributed by atoms with Crippen molar-refractivity contribution in [3.63, 3.8) is 0 Å². The van der Waals surface area contributed by atoms with Crippen LogP contribution in [0.2, 0.25) is 0 Å². The van der Waals surface area contributed by atoms with Crippen molar-refractivity contribution in [3.05, 3.63) is 42.7 Å². The van der Waals surface area contributed by atoms with Crippen LogP contribution in [-0.4, -0.2) is 149 Å². The molecule has 290 valence electrons. The molecule has 18 heteroatoms. The van der Waals surface area contributed by atoms with Crippen molar-refractivity contribution in [2.45, 2.75) is 57.8 Å². The molecule has 0 radical (unpaired) electrons. The van der Waals surface area contributed by atoms with E-state index >= 15 is 0 Å². The number of ketones is 1. The quantitative estimate of drug-likeness (QED) is 0.136. The van der Waals surface area contributed by atoms with Gasteiger partial charge >= 0.3 is 17.9 Å². The topological polar surface area (TPSA) is 245 Å². The lowest BCUT2D eigenvalue weighted by Gasteiger charge is -2.31. The average molecular weight is 749 g/mol. The van der Waals surface area contributed by atoms with Crippen LogP contribution in [0.1, 0.15) is 57.8 Å². The minimum absolute atomic E-state index is 0.0455. The van der Waals surface area contributed by atoms with Crippen LogP contribution in [0.25, 0.3) is 23.0 Å². The van der Waals surface area contributed by atoms with E-state index in [1.54, 1.807) is 40.3 Å². The molecule has 0 aromatic carbocycles. The number of carboxylic acids is 3.